The van der Waals surface area contributed by atoms with E-state index in [-0.39, 0.29) is 0 Å². The largest absolute Gasteiger partial charge is 0.466 e. The van der Waals surface area contributed by atoms with Crippen molar-refractivity contribution in [3.8, 4) is 0 Å². The van der Waals surface area contributed by atoms with E-state index in [1.54, 1.807) is 0 Å². The summed E-state index contributed by atoms with van der Waals surface area (Å²) in [6.45, 7) is 0. The number of hydrogen-bond acceptors (Lipinski definition) is 8. The lowest BCUT2D eigenvalue weighted by atomic mass is 15.6. The van der Waals surface area contributed by atoms with Gasteiger partial charge in [0.15, 0.2) is 0 Å². The normalized spacial score (nSPS) is 45.0. The van der Waals surface area contributed by atoms with Crippen LogP contribution in [0, 0.1) is 0 Å². The van der Waals surface area contributed by atoms with Crippen LogP contribution in [0.4, 0.5) is 0 Å². The summed E-state index contributed by atoms with van der Waals surface area (Å²) in [6, 6.07) is 0. The maximum atomic E-state index is 8.86. The summed E-state index contributed by atoms with van der Waals surface area (Å²) in [5.74, 6) is 0. The number of hydrogen-bond donors (Lipinski definition) is 4. The van der Waals surface area contributed by atoms with Gasteiger partial charge in [0.1, 0.15) is 0 Å². The molecule has 0 amide bonds. The molecular weight excluding hydrogens is 240 g/mol. The Labute approximate surface area is 74.4 Å². The van der Waals surface area contributed by atoms with E-state index in [9.17, 15) is 0 Å². The Morgan fingerprint density at radius 1 is 0.500 bits per heavy atom. The monoisotopic (exact) mass is 248 g/mol. The second-order valence-corrected chi connectivity index (χ2v) is 8.58. The molecule has 8 nitrogen and oxygen atoms in total. The third kappa shape index (κ3) is 3.51. The van der Waals surface area contributed by atoms with E-state index in [1.807, 2.05) is 0 Å². The molecule has 12 heteroatoms. The first kappa shape index (κ1) is 10.6. The molecule has 0 radical (unpaired) electrons. The van der Waals surface area contributed by atoms with Gasteiger partial charge < -0.3 is 35.6 Å². The fraction of sp³-hybridized carbons (Fsp3) is 0. The fourth-order valence-electron chi connectivity index (χ4n) is 0.527. The molecule has 0 aromatic heterocycles. The second-order valence-electron chi connectivity index (χ2n) is 1.77. The minimum Gasteiger partial charge on any atom is -0.393 e. The van der Waals surface area contributed by atoms with Crippen LogP contribution in [0.5, 0.6) is 0 Å². The zero-order valence-corrected chi connectivity index (χ0v) is 10.4. The molecule has 1 saturated heterocycles. The first-order valence-corrected chi connectivity index (χ1v) is 8.76. The Morgan fingerprint density at radius 2 is 0.667 bits per heavy atom. The Kier molecular flexibility index (Phi) is 4.15. The Balaban J connectivity index is 2.45. The minimum absolute atomic E-state index is 3.03. The SMILES string of the molecule is O[SiH]1O[SiH](O)O[SiH](O)O[SiH](O)O1. The zero-order valence-electron chi connectivity index (χ0n) is 5.73. The molecule has 1 rings (SSSR count). The summed E-state index contributed by atoms with van der Waals surface area (Å²) in [7, 11) is -12.1. The third-order valence-electron chi connectivity index (χ3n) is 0.931. The lowest BCUT2D eigenvalue weighted by molar-refractivity contribution is 0.133. The molecule has 4 N–H and O–H groups in total. The van der Waals surface area contributed by atoms with E-state index in [4.69, 9.17) is 19.2 Å². The summed E-state index contributed by atoms with van der Waals surface area (Å²) < 4.78 is 17.8. The van der Waals surface area contributed by atoms with Crippen molar-refractivity contribution in [2.24, 2.45) is 0 Å². The molecule has 0 atom stereocenters. The third-order valence-corrected chi connectivity index (χ3v) is 8.38. The second kappa shape index (κ2) is 4.69. The van der Waals surface area contributed by atoms with Crippen molar-refractivity contribution in [1.82, 2.24) is 0 Å². The van der Waals surface area contributed by atoms with Crippen LogP contribution in [0.1, 0.15) is 0 Å². The summed E-state index contributed by atoms with van der Waals surface area (Å²) in [6.07, 6.45) is 0. The molecule has 0 unspecified atom stereocenters. The topological polar surface area (TPSA) is 118 Å². The van der Waals surface area contributed by atoms with E-state index in [1.165, 1.54) is 0 Å². The van der Waals surface area contributed by atoms with Crippen LogP contribution in [0.15, 0.2) is 0 Å². The van der Waals surface area contributed by atoms with Crippen LogP contribution in [-0.2, 0) is 16.5 Å². The molecule has 1 aliphatic rings. The molecule has 1 fully saturated rings. The molecule has 0 aliphatic carbocycles. The van der Waals surface area contributed by atoms with E-state index in [2.05, 4.69) is 16.5 Å². The van der Waals surface area contributed by atoms with Gasteiger partial charge in [-0.1, -0.05) is 0 Å². The molecule has 0 bridgehead atoms. The van der Waals surface area contributed by atoms with Crippen LogP contribution in [0.25, 0.3) is 0 Å². The van der Waals surface area contributed by atoms with Gasteiger partial charge in [0.25, 0.3) is 0 Å². The maximum Gasteiger partial charge on any atom is 0.466 e. The van der Waals surface area contributed by atoms with Gasteiger partial charge in [-0.05, 0) is 0 Å². The van der Waals surface area contributed by atoms with Gasteiger partial charge in [-0.25, -0.2) is 0 Å². The van der Waals surface area contributed by atoms with E-state index >= 15 is 0 Å². The molecule has 12 heavy (non-hydrogen) atoms. The molecule has 0 saturated carbocycles. The number of rotatable bonds is 0. The van der Waals surface area contributed by atoms with Crippen LogP contribution in [0.2, 0.25) is 0 Å². The summed E-state index contributed by atoms with van der Waals surface area (Å²) in [5, 5.41) is 0. The highest BCUT2D eigenvalue weighted by Crippen LogP contribution is 2.00. The minimum atomic E-state index is -3.03. The molecule has 0 spiro atoms. The summed E-state index contributed by atoms with van der Waals surface area (Å²) >= 11 is 0. The smallest absolute Gasteiger partial charge is 0.393 e. The lowest BCUT2D eigenvalue weighted by Crippen LogP contribution is -2.49. The Bertz CT molecular complexity index is 99.0. The van der Waals surface area contributed by atoms with Crippen molar-refractivity contribution >= 4 is 38.1 Å². The average Bonchev–Trinajstić information content (AvgIpc) is 1.81. The van der Waals surface area contributed by atoms with Gasteiger partial charge in [-0.15, -0.1) is 0 Å². The van der Waals surface area contributed by atoms with Crippen LogP contribution in [-0.4, -0.2) is 57.3 Å². The highest BCUT2D eigenvalue weighted by atomic mass is 28.5. The first-order chi connectivity index (χ1) is 5.58. The van der Waals surface area contributed by atoms with Crippen molar-refractivity contribution in [1.29, 1.82) is 0 Å². The van der Waals surface area contributed by atoms with Crippen LogP contribution < -0.4 is 0 Å². The van der Waals surface area contributed by atoms with Crippen molar-refractivity contribution in [2.45, 2.75) is 0 Å². The highest BCUT2D eigenvalue weighted by Gasteiger charge is 2.33. The van der Waals surface area contributed by atoms with Crippen molar-refractivity contribution < 1.29 is 35.6 Å². The standard InChI is InChI=1S/H8O8Si4/c1-9-5-10(2)7-12(4)8-11(3)6-9/h1-4,9-12H. The van der Waals surface area contributed by atoms with Crippen LogP contribution in [0.3, 0.4) is 0 Å². The molecule has 1 heterocycles. The quantitative estimate of drug-likeness (QED) is 0.315. The maximum absolute atomic E-state index is 8.86. The average molecular weight is 248 g/mol. The highest BCUT2D eigenvalue weighted by molar-refractivity contribution is 6.65. The van der Waals surface area contributed by atoms with E-state index in [0.29, 0.717) is 0 Å². The van der Waals surface area contributed by atoms with Crippen LogP contribution >= 0.6 is 0 Å². The van der Waals surface area contributed by atoms with Gasteiger partial charge in [0, 0.05) is 0 Å². The predicted molar refractivity (Wildman–Crippen MR) is 41.8 cm³/mol. The van der Waals surface area contributed by atoms with Crippen molar-refractivity contribution in [2.75, 3.05) is 0 Å². The van der Waals surface area contributed by atoms with E-state index in [0.717, 1.165) is 0 Å². The summed E-state index contributed by atoms with van der Waals surface area (Å²) in [4.78, 5) is 35.4. The van der Waals surface area contributed by atoms with Crippen molar-refractivity contribution in [3.05, 3.63) is 0 Å². The van der Waals surface area contributed by atoms with Gasteiger partial charge in [-0.3, -0.25) is 0 Å². The van der Waals surface area contributed by atoms with Gasteiger partial charge in [0.2, 0.25) is 0 Å². The Morgan fingerprint density at radius 3 is 0.833 bits per heavy atom. The van der Waals surface area contributed by atoms with Gasteiger partial charge in [-0.2, -0.15) is 0 Å². The molecule has 1 aliphatic heterocycles. The predicted octanol–water partition coefficient (Wildman–Crippen LogP) is -5.10. The zero-order chi connectivity index (χ0) is 9.14. The molecule has 0 aromatic carbocycles. The first-order valence-electron chi connectivity index (χ1n) is 2.92. The lowest BCUT2D eigenvalue weighted by Gasteiger charge is -2.23. The van der Waals surface area contributed by atoms with Crippen molar-refractivity contribution in [3.63, 3.8) is 0 Å². The van der Waals surface area contributed by atoms with Gasteiger partial charge >= 0.3 is 38.1 Å². The Hall–Kier alpha value is 0.548. The molecule has 72 valence electrons. The fourth-order valence-corrected chi connectivity index (χ4v) is 7.05. The van der Waals surface area contributed by atoms with Gasteiger partial charge in [0.05, 0.1) is 0 Å². The van der Waals surface area contributed by atoms with E-state index < -0.39 is 38.1 Å². The molecular formula is H8O8Si4. The summed E-state index contributed by atoms with van der Waals surface area (Å²) in [5.41, 5.74) is 0. The molecule has 0 aromatic rings.